The van der Waals surface area contributed by atoms with E-state index in [1.165, 1.54) is 21.3 Å². The molecule has 1 rings (SSSR count). The molecule has 2 atom stereocenters. The lowest BCUT2D eigenvalue weighted by Crippen LogP contribution is -2.30. The minimum atomic E-state index is -0.685. The van der Waals surface area contributed by atoms with Crippen molar-refractivity contribution in [3.05, 3.63) is 11.6 Å². The zero-order chi connectivity index (χ0) is 20.2. The second-order valence-corrected chi connectivity index (χ2v) is 5.95. The molecule has 9 heteroatoms. The van der Waals surface area contributed by atoms with Gasteiger partial charge in [0.05, 0.1) is 20.8 Å². The number of ketones is 1. The lowest BCUT2D eigenvalue weighted by molar-refractivity contribution is -0.152. The van der Waals surface area contributed by atoms with E-state index in [1.54, 1.807) is 6.08 Å². The summed E-state index contributed by atoms with van der Waals surface area (Å²) in [6.07, 6.45) is 1.90. The fourth-order valence-electron chi connectivity index (χ4n) is 2.59. The molecule has 0 radical (unpaired) electrons. The molecule has 0 aromatic heterocycles. The van der Waals surface area contributed by atoms with E-state index in [4.69, 9.17) is 14.2 Å². The van der Waals surface area contributed by atoms with Gasteiger partial charge in [0, 0.05) is 20.0 Å². The summed E-state index contributed by atoms with van der Waals surface area (Å²) in [6, 6.07) is 0. The molecule has 1 heterocycles. The molecule has 0 unspecified atom stereocenters. The molecule has 1 aliphatic heterocycles. The van der Waals surface area contributed by atoms with Crippen molar-refractivity contribution in [1.82, 2.24) is 0 Å². The highest BCUT2D eigenvalue weighted by Crippen LogP contribution is 2.29. The summed E-state index contributed by atoms with van der Waals surface area (Å²) in [5.74, 6) is -2.13. The number of methoxy groups -OCH3 is 3. The van der Waals surface area contributed by atoms with Crippen LogP contribution in [0.4, 0.5) is 0 Å². The summed E-state index contributed by atoms with van der Waals surface area (Å²) in [4.78, 5) is 45.5. The molecule has 0 spiro atoms. The molecule has 1 aliphatic rings. The molecule has 152 valence electrons. The molecule has 0 aliphatic carbocycles. The molecule has 1 fully saturated rings. The van der Waals surface area contributed by atoms with Crippen molar-refractivity contribution in [3.63, 3.8) is 0 Å². The van der Waals surface area contributed by atoms with E-state index in [-0.39, 0.29) is 44.0 Å². The Morgan fingerprint density at radius 1 is 1.04 bits per heavy atom. The number of carbonyl (C=O) groups is 4. The summed E-state index contributed by atoms with van der Waals surface area (Å²) in [7, 11) is 3.96. The Morgan fingerprint density at radius 3 is 2.33 bits per heavy atom. The zero-order valence-electron chi connectivity index (χ0n) is 15.9. The molecule has 0 aromatic rings. The number of ether oxygens (including phenoxy) is 5. The number of Topliss-reactive ketones (excluding diaryl/α,β-unsaturated/α-hetero) is 1. The maximum atomic E-state index is 11.9. The standard InChI is InChI=1S/C18H26O9/c1-23-15(20)9-14(19)5-4-12-8-18(25-3)27-11-13(12)6-7-26-17(22)10-16(21)24-2/h6,12,18H,4-5,7-11H2,1-3H3/b13-6-/t12-,18+/m0/s1. The molecule has 1 saturated heterocycles. The largest absolute Gasteiger partial charge is 0.469 e. The Morgan fingerprint density at radius 2 is 1.70 bits per heavy atom. The molecule has 27 heavy (non-hydrogen) atoms. The molecular formula is C18H26O9. The minimum absolute atomic E-state index is 0.00962. The summed E-state index contributed by atoms with van der Waals surface area (Å²) in [6.45, 7) is 0.266. The van der Waals surface area contributed by atoms with Crippen molar-refractivity contribution >= 4 is 23.7 Å². The van der Waals surface area contributed by atoms with Crippen LogP contribution in [0.5, 0.6) is 0 Å². The van der Waals surface area contributed by atoms with Gasteiger partial charge in [0.15, 0.2) is 6.29 Å². The Balaban J connectivity index is 2.58. The Bertz CT molecular complexity index is 567. The molecule has 0 aromatic carbocycles. The van der Waals surface area contributed by atoms with Crippen molar-refractivity contribution < 1.29 is 42.9 Å². The summed E-state index contributed by atoms with van der Waals surface area (Å²) >= 11 is 0. The number of hydrogen-bond donors (Lipinski definition) is 0. The van der Waals surface area contributed by atoms with Gasteiger partial charge < -0.3 is 23.7 Å². The highest BCUT2D eigenvalue weighted by atomic mass is 16.7. The first-order valence-electron chi connectivity index (χ1n) is 8.53. The van der Waals surface area contributed by atoms with Crippen LogP contribution in [0.15, 0.2) is 11.6 Å². The second-order valence-electron chi connectivity index (χ2n) is 5.95. The van der Waals surface area contributed by atoms with Gasteiger partial charge in [0.1, 0.15) is 25.2 Å². The number of esters is 3. The topological polar surface area (TPSA) is 114 Å². The number of hydrogen-bond acceptors (Lipinski definition) is 9. The van der Waals surface area contributed by atoms with Crippen LogP contribution < -0.4 is 0 Å². The van der Waals surface area contributed by atoms with Crippen LogP contribution >= 0.6 is 0 Å². The summed E-state index contributed by atoms with van der Waals surface area (Å²) in [5, 5.41) is 0. The van der Waals surface area contributed by atoms with Gasteiger partial charge in [0.2, 0.25) is 0 Å². The normalized spacial score (nSPS) is 20.8. The fourth-order valence-corrected chi connectivity index (χ4v) is 2.59. The SMILES string of the molecule is COC(=O)CC(=O)CC[C@H]1C[C@H](OC)OC/C1=C/COC(=O)CC(=O)OC. The maximum absolute atomic E-state index is 11.9. The first-order valence-corrected chi connectivity index (χ1v) is 8.53. The Labute approximate surface area is 157 Å². The zero-order valence-corrected chi connectivity index (χ0v) is 15.9. The molecule has 0 N–H and O–H groups in total. The lowest BCUT2D eigenvalue weighted by atomic mass is 9.88. The van der Waals surface area contributed by atoms with Gasteiger partial charge in [-0.05, 0) is 24.0 Å². The first kappa shape index (κ1) is 22.8. The third-order valence-corrected chi connectivity index (χ3v) is 4.15. The quantitative estimate of drug-likeness (QED) is 0.234. The Hall–Kier alpha value is -2.26. The van der Waals surface area contributed by atoms with Gasteiger partial charge in [0.25, 0.3) is 0 Å². The molecule has 0 saturated carbocycles. The summed E-state index contributed by atoms with van der Waals surface area (Å²) in [5.41, 5.74) is 0.875. The van der Waals surface area contributed by atoms with E-state index in [2.05, 4.69) is 9.47 Å². The van der Waals surface area contributed by atoms with Crippen LogP contribution in [0.25, 0.3) is 0 Å². The predicted molar refractivity (Wildman–Crippen MR) is 91.4 cm³/mol. The van der Waals surface area contributed by atoms with E-state index in [1.807, 2.05) is 0 Å². The van der Waals surface area contributed by atoms with Gasteiger partial charge in [-0.25, -0.2) is 0 Å². The van der Waals surface area contributed by atoms with Gasteiger partial charge in [-0.1, -0.05) is 0 Å². The van der Waals surface area contributed by atoms with Crippen LogP contribution in [-0.2, 0) is 42.9 Å². The van der Waals surface area contributed by atoms with Gasteiger partial charge >= 0.3 is 17.9 Å². The fraction of sp³-hybridized carbons (Fsp3) is 0.667. The lowest BCUT2D eigenvalue weighted by Gasteiger charge is -2.31. The van der Waals surface area contributed by atoms with E-state index >= 15 is 0 Å². The molecular weight excluding hydrogens is 360 g/mol. The summed E-state index contributed by atoms with van der Waals surface area (Å²) < 4.78 is 24.6. The van der Waals surface area contributed by atoms with Gasteiger partial charge in [-0.15, -0.1) is 0 Å². The number of carbonyl (C=O) groups excluding carboxylic acids is 4. The van der Waals surface area contributed by atoms with Crippen LogP contribution in [0, 0.1) is 5.92 Å². The maximum Gasteiger partial charge on any atom is 0.317 e. The van der Waals surface area contributed by atoms with Crippen molar-refractivity contribution in [2.45, 2.75) is 38.4 Å². The van der Waals surface area contributed by atoms with Gasteiger partial charge in [-0.2, -0.15) is 0 Å². The van der Waals surface area contributed by atoms with E-state index < -0.39 is 24.3 Å². The van der Waals surface area contributed by atoms with Gasteiger partial charge in [-0.3, -0.25) is 19.2 Å². The molecule has 0 bridgehead atoms. The predicted octanol–water partition coefficient (Wildman–Crippen LogP) is 0.941. The monoisotopic (exact) mass is 386 g/mol. The van der Waals surface area contributed by atoms with E-state index in [9.17, 15) is 19.2 Å². The third-order valence-electron chi connectivity index (χ3n) is 4.15. The molecule has 0 amide bonds. The average molecular weight is 386 g/mol. The van der Waals surface area contributed by atoms with Crippen LogP contribution in [0.2, 0.25) is 0 Å². The smallest absolute Gasteiger partial charge is 0.317 e. The number of rotatable bonds is 10. The minimum Gasteiger partial charge on any atom is -0.469 e. The van der Waals surface area contributed by atoms with Crippen LogP contribution in [0.1, 0.15) is 32.1 Å². The van der Waals surface area contributed by atoms with Crippen molar-refractivity contribution in [3.8, 4) is 0 Å². The second kappa shape index (κ2) is 12.2. The molecule has 9 nitrogen and oxygen atoms in total. The van der Waals surface area contributed by atoms with Crippen LogP contribution in [-0.4, -0.2) is 64.5 Å². The first-order chi connectivity index (χ1) is 12.9. The van der Waals surface area contributed by atoms with Crippen molar-refractivity contribution in [1.29, 1.82) is 0 Å². The Kier molecular flexibility index (Phi) is 10.3. The van der Waals surface area contributed by atoms with E-state index in [0.717, 1.165) is 5.57 Å². The van der Waals surface area contributed by atoms with Crippen LogP contribution in [0.3, 0.4) is 0 Å². The van der Waals surface area contributed by atoms with Crippen molar-refractivity contribution in [2.24, 2.45) is 5.92 Å². The third kappa shape index (κ3) is 8.78. The van der Waals surface area contributed by atoms with Crippen molar-refractivity contribution in [2.75, 3.05) is 34.5 Å². The highest BCUT2D eigenvalue weighted by Gasteiger charge is 2.27. The highest BCUT2D eigenvalue weighted by molar-refractivity contribution is 5.95. The average Bonchev–Trinajstić information content (AvgIpc) is 2.66. The van der Waals surface area contributed by atoms with E-state index in [0.29, 0.717) is 12.8 Å².